The first-order valence-electron chi connectivity index (χ1n) is 11.0. The Labute approximate surface area is 206 Å². The number of rotatable bonds is 8. The lowest BCUT2D eigenvalue weighted by Crippen LogP contribution is -2.53. The predicted octanol–water partition coefficient (Wildman–Crippen LogP) is 3.58. The predicted molar refractivity (Wildman–Crippen MR) is 133 cm³/mol. The van der Waals surface area contributed by atoms with Gasteiger partial charge in [-0.3, -0.25) is 19.3 Å². The number of fused-ring (bicyclic) bond motifs is 1. The molecule has 184 valence electrons. The molecule has 0 aliphatic carbocycles. The van der Waals surface area contributed by atoms with Crippen LogP contribution in [0, 0.1) is 0 Å². The van der Waals surface area contributed by atoms with E-state index in [0.29, 0.717) is 18.4 Å². The van der Waals surface area contributed by atoms with Crippen molar-refractivity contribution in [2.45, 2.75) is 39.3 Å². The normalized spacial score (nSPS) is 12.6. The molecule has 3 N–H and O–H groups in total. The van der Waals surface area contributed by atoms with Crippen LogP contribution in [0.4, 0.5) is 5.69 Å². The number of ether oxygens (including phenoxy) is 1. The number of halogens is 1. The molecule has 0 spiro atoms. The highest BCUT2D eigenvalue weighted by molar-refractivity contribution is 6.36. The monoisotopic (exact) mass is 499 g/mol. The van der Waals surface area contributed by atoms with Crippen LogP contribution in [0.5, 0.6) is 5.95 Å². The van der Waals surface area contributed by atoms with Crippen molar-refractivity contribution >= 4 is 45.8 Å². The van der Waals surface area contributed by atoms with Crippen LogP contribution in [0.2, 0.25) is 5.02 Å². The van der Waals surface area contributed by atoms with E-state index in [4.69, 9.17) is 26.5 Å². The Hall–Kier alpha value is -3.69. The molecule has 0 saturated carbocycles. The average molecular weight is 500 g/mol. The van der Waals surface area contributed by atoms with E-state index in [-0.39, 0.29) is 27.6 Å². The Kier molecular flexibility index (Phi) is 8.26. The van der Waals surface area contributed by atoms with Crippen molar-refractivity contribution in [2.75, 3.05) is 11.9 Å². The van der Waals surface area contributed by atoms with Crippen molar-refractivity contribution in [1.82, 2.24) is 4.90 Å². The summed E-state index contributed by atoms with van der Waals surface area (Å²) >= 11 is 6.32. The first kappa shape index (κ1) is 25.9. The van der Waals surface area contributed by atoms with Gasteiger partial charge in [0.05, 0.1) is 18.0 Å². The van der Waals surface area contributed by atoms with E-state index in [1.165, 1.54) is 19.9 Å². The largest absolute Gasteiger partial charge is 0.464 e. The van der Waals surface area contributed by atoms with Gasteiger partial charge in [0.25, 0.3) is 5.91 Å². The number of nitrogens with zero attached hydrogens (tertiary/aromatic N) is 1. The van der Waals surface area contributed by atoms with Gasteiger partial charge in [0.2, 0.25) is 11.8 Å². The summed E-state index contributed by atoms with van der Waals surface area (Å²) in [4.78, 5) is 52.1. The van der Waals surface area contributed by atoms with Crippen molar-refractivity contribution in [3.63, 3.8) is 0 Å². The summed E-state index contributed by atoms with van der Waals surface area (Å²) in [5, 5.41) is 3.30. The van der Waals surface area contributed by atoms with Gasteiger partial charge in [-0.05, 0) is 44.5 Å². The molecular formula is C25H26ClN3O6. The third-order valence-corrected chi connectivity index (χ3v) is 5.54. The van der Waals surface area contributed by atoms with Crippen LogP contribution in [0.15, 0.2) is 57.7 Å². The Morgan fingerprint density at radius 1 is 1.11 bits per heavy atom. The van der Waals surface area contributed by atoms with Crippen LogP contribution in [0.1, 0.15) is 37.6 Å². The van der Waals surface area contributed by atoms with Gasteiger partial charge in [0, 0.05) is 16.6 Å². The van der Waals surface area contributed by atoms with E-state index in [1.54, 1.807) is 42.5 Å². The highest BCUT2D eigenvalue weighted by Crippen LogP contribution is 2.32. The minimum Gasteiger partial charge on any atom is -0.464 e. The second-order valence-corrected chi connectivity index (χ2v) is 8.31. The van der Waals surface area contributed by atoms with Crippen LogP contribution in [-0.4, -0.2) is 41.3 Å². The first-order chi connectivity index (χ1) is 16.6. The maximum absolute atomic E-state index is 13.0. The fourth-order valence-electron chi connectivity index (χ4n) is 3.33. The van der Waals surface area contributed by atoms with E-state index in [0.717, 1.165) is 4.90 Å². The van der Waals surface area contributed by atoms with Crippen LogP contribution < -0.4 is 21.4 Å². The maximum Gasteiger partial charge on any atom is 0.346 e. The van der Waals surface area contributed by atoms with Crippen LogP contribution in [0.3, 0.4) is 0 Å². The number of carbonyl (C=O) groups excluding carboxylic acids is 3. The fraction of sp³-hybridized carbons (Fsp3) is 0.280. The van der Waals surface area contributed by atoms with Gasteiger partial charge in [-0.15, -0.1) is 0 Å². The zero-order valence-electron chi connectivity index (χ0n) is 19.5. The SMILES string of the molecule is CCCOc1oc(=O)c2cc(NC(=O)[C@H](C)N(C(=O)c3ccccc3)C(=O)[C@H](C)N)ccc2c1Cl. The maximum atomic E-state index is 13.0. The number of anilines is 1. The minimum atomic E-state index is -1.19. The number of imide groups is 1. The molecule has 3 aromatic rings. The summed E-state index contributed by atoms with van der Waals surface area (Å²) in [6.07, 6.45) is 0.705. The van der Waals surface area contributed by atoms with E-state index in [2.05, 4.69) is 5.32 Å². The van der Waals surface area contributed by atoms with Crippen molar-refractivity contribution in [3.05, 3.63) is 69.5 Å². The van der Waals surface area contributed by atoms with Gasteiger partial charge >= 0.3 is 11.6 Å². The number of hydrogen-bond donors (Lipinski definition) is 2. The quantitative estimate of drug-likeness (QED) is 0.484. The van der Waals surface area contributed by atoms with Gasteiger partial charge in [0.15, 0.2) is 0 Å². The molecule has 3 rings (SSSR count). The lowest BCUT2D eigenvalue weighted by Gasteiger charge is -2.28. The Bertz CT molecular complexity index is 1310. The molecule has 2 aromatic carbocycles. The summed E-state index contributed by atoms with van der Waals surface area (Å²) in [6.45, 7) is 5.08. The number of nitrogens with one attached hydrogen (secondary N) is 1. The Morgan fingerprint density at radius 2 is 1.80 bits per heavy atom. The molecule has 1 heterocycles. The van der Waals surface area contributed by atoms with Crippen LogP contribution in [-0.2, 0) is 9.59 Å². The van der Waals surface area contributed by atoms with Gasteiger partial charge in [-0.1, -0.05) is 42.8 Å². The van der Waals surface area contributed by atoms with Crippen molar-refractivity contribution in [1.29, 1.82) is 0 Å². The third-order valence-electron chi connectivity index (χ3n) is 5.18. The summed E-state index contributed by atoms with van der Waals surface area (Å²) in [6, 6.07) is 10.4. The molecule has 0 aliphatic rings. The van der Waals surface area contributed by atoms with E-state index in [1.807, 2.05) is 6.92 Å². The summed E-state index contributed by atoms with van der Waals surface area (Å²) in [5.74, 6) is -2.07. The summed E-state index contributed by atoms with van der Waals surface area (Å²) in [7, 11) is 0. The molecule has 35 heavy (non-hydrogen) atoms. The molecule has 3 amide bonds. The second-order valence-electron chi connectivity index (χ2n) is 7.93. The van der Waals surface area contributed by atoms with Crippen molar-refractivity contribution in [2.24, 2.45) is 5.73 Å². The minimum absolute atomic E-state index is 0.0686. The highest BCUT2D eigenvalue weighted by Gasteiger charge is 2.33. The van der Waals surface area contributed by atoms with Gasteiger partial charge in [-0.25, -0.2) is 4.79 Å². The molecular weight excluding hydrogens is 474 g/mol. The lowest BCUT2D eigenvalue weighted by molar-refractivity contribution is -0.135. The second kappa shape index (κ2) is 11.2. The number of benzene rings is 2. The molecule has 0 unspecified atom stereocenters. The number of carbonyl (C=O) groups is 3. The van der Waals surface area contributed by atoms with E-state index >= 15 is 0 Å². The standard InChI is InChI=1S/C25H26ClN3O6/c1-4-12-34-25-20(26)18-11-10-17(13-19(18)24(33)35-25)28-21(30)15(3)29(22(31)14(2)27)23(32)16-8-6-5-7-9-16/h5-11,13-15H,4,12,27H2,1-3H3,(H,28,30)/t14-,15-/m0/s1. The van der Waals surface area contributed by atoms with Crippen molar-refractivity contribution in [3.8, 4) is 5.95 Å². The topological polar surface area (TPSA) is 132 Å². The molecule has 2 atom stereocenters. The van der Waals surface area contributed by atoms with E-state index in [9.17, 15) is 19.2 Å². The molecule has 0 saturated heterocycles. The van der Waals surface area contributed by atoms with Gasteiger partial charge < -0.3 is 20.2 Å². The molecule has 10 heteroatoms. The van der Waals surface area contributed by atoms with Gasteiger partial charge in [-0.2, -0.15) is 0 Å². The zero-order valence-corrected chi connectivity index (χ0v) is 20.3. The van der Waals surface area contributed by atoms with Crippen LogP contribution >= 0.6 is 11.6 Å². The molecule has 0 fully saturated rings. The van der Waals surface area contributed by atoms with Crippen LogP contribution in [0.25, 0.3) is 10.8 Å². The van der Waals surface area contributed by atoms with E-state index < -0.39 is 35.4 Å². The molecule has 0 bridgehead atoms. The van der Waals surface area contributed by atoms with Gasteiger partial charge in [0.1, 0.15) is 11.1 Å². The smallest absolute Gasteiger partial charge is 0.346 e. The number of hydrogen-bond acceptors (Lipinski definition) is 7. The summed E-state index contributed by atoms with van der Waals surface area (Å²) < 4.78 is 10.6. The molecule has 0 radical (unpaired) electrons. The van der Waals surface area contributed by atoms with Crippen molar-refractivity contribution < 1.29 is 23.5 Å². The average Bonchev–Trinajstić information content (AvgIpc) is 2.85. The highest BCUT2D eigenvalue weighted by atomic mass is 35.5. The summed E-state index contributed by atoms with van der Waals surface area (Å²) in [5.41, 5.74) is 5.54. The molecule has 9 nitrogen and oxygen atoms in total. The Balaban J connectivity index is 1.89. The first-order valence-corrected chi connectivity index (χ1v) is 11.4. The fourth-order valence-corrected chi connectivity index (χ4v) is 3.59. The number of amides is 3. The molecule has 0 aliphatic heterocycles. The number of nitrogens with two attached hydrogens (primary N) is 1. The Morgan fingerprint density at radius 3 is 2.43 bits per heavy atom. The third kappa shape index (κ3) is 5.70. The lowest BCUT2D eigenvalue weighted by atomic mass is 10.1. The zero-order chi connectivity index (χ0) is 25.7. The molecule has 1 aromatic heterocycles.